The Morgan fingerprint density at radius 3 is 1.20 bits per heavy atom. The van der Waals surface area contributed by atoms with Gasteiger partial charge in [0.05, 0.1) is 5.41 Å². The molecule has 10 aromatic rings. The van der Waals surface area contributed by atoms with Crippen LogP contribution >= 0.6 is 0 Å². The molecule has 0 amide bonds. The number of benzene rings is 8. The predicted molar refractivity (Wildman–Crippen MR) is 247 cm³/mol. The smallest absolute Gasteiger partial charge is 0.164 e. The summed E-state index contributed by atoms with van der Waals surface area (Å²) in [6.45, 7) is 0. The number of nitrogens with zero attached hydrogens (tertiary/aromatic N) is 4. The van der Waals surface area contributed by atoms with Gasteiger partial charge in [-0.1, -0.05) is 200 Å². The number of rotatable bonds is 6. The fraction of sp³-hybridized carbons (Fsp3) is 0.0175. The zero-order valence-electron chi connectivity index (χ0n) is 33.1. The largest absolute Gasteiger partial charge is 0.264 e. The summed E-state index contributed by atoms with van der Waals surface area (Å²) in [4.78, 5) is 19.2. The van der Waals surface area contributed by atoms with Gasteiger partial charge in [0.1, 0.15) is 0 Å². The molecule has 0 unspecified atom stereocenters. The standard InChI is InChI=1S/C57H36N4/c1-2-12-41(13-3-1)54-59-55(61-56(60-54)43-33-27-39(28-34-43)44-14-11-35-58-36-44)42-31-25-38(26-32-42)37-23-29-40(30-24-37)45-18-10-22-52-53(45)48-17-6-9-21-51(48)57(52)49-19-7-4-15-46(49)47-16-5-8-20-50(47)57/h1-36H. The van der Waals surface area contributed by atoms with E-state index >= 15 is 0 Å². The van der Waals surface area contributed by atoms with Crippen LogP contribution in [0.15, 0.2) is 219 Å². The molecule has 1 spiro atoms. The highest BCUT2D eigenvalue weighted by Crippen LogP contribution is 2.63. The molecule has 0 aliphatic heterocycles. The first kappa shape index (κ1) is 34.9. The number of hydrogen-bond donors (Lipinski definition) is 0. The monoisotopic (exact) mass is 776 g/mol. The number of pyridine rings is 1. The normalized spacial score (nSPS) is 12.7. The lowest BCUT2D eigenvalue weighted by atomic mass is 9.70. The molecule has 2 aliphatic rings. The highest BCUT2D eigenvalue weighted by atomic mass is 15.0. The lowest BCUT2D eigenvalue weighted by Crippen LogP contribution is -2.25. The van der Waals surface area contributed by atoms with Crippen molar-refractivity contribution in [2.75, 3.05) is 0 Å². The van der Waals surface area contributed by atoms with E-state index in [1.165, 1.54) is 55.6 Å². The van der Waals surface area contributed by atoms with Crippen molar-refractivity contribution in [2.45, 2.75) is 5.41 Å². The Hall–Kier alpha value is -8.08. The van der Waals surface area contributed by atoms with Crippen LogP contribution < -0.4 is 0 Å². The average molecular weight is 777 g/mol. The second kappa shape index (κ2) is 14.0. The van der Waals surface area contributed by atoms with Gasteiger partial charge in [0.2, 0.25) is 0 Å². The lowest BCUT2D eigenvalue weighted by Gasteiger charge is -2.30. The van der Waals surface area contributed by atoms with Gasteiger partial charge in [0.25, 0.3) is 0 Å². The summed E-state index contributed by atoms with van der Waals surface area (Å²) in [5.41, 5.74) is 20.0. The van der Waals surface area contributed by atoms with E-state index in [9.17, 15) is 0 Å². The van der Waals surface area contributed by atoms with Gasteiger partial charge in [-0.3, -0.25) is 4.98 Å². The predicted octanol–water partition coefficient (Wildman–Crippen LogP) is 13.6. The Bertz CT molecular complexity index is 3220. The Kier molecular flexibility index (Phi) is 8.04. The molecule has 61 heavy (non-hydrogen) atoms. The van der Waals surface area contributed by atoms with Gasteiger partial charge in [-0.25, -0.2) is 15.0 Å². The molecule has 8 aromatic carbocycles. The second-order valence-electron chi connectivity index (χ2n) is 15.8. The minimum atomic E-state index is -0.358. The summed E-state index contributed by atoms with van der Waals surface area (Å²) in [5, 5.41) is 0. The van der Waals surface area contributed by atoms with Crippen LogP contribution in [0.25, 0.3) is 89.8 Å². The van der Waals surface area contributed by atoms with Crippen LogP contribution in [0.5, 0.6) is 0 Å². The first-order valence-electron chi connectivity index (χ1n) is 20.7. The molecule has 2 heterocycles. The van der Waals surface area contributed by atoms with Crippen molar-refractivity contribution in [1.82, 2.24) is 19.9 Å². The summed E-state index contributed by atoms with van der Waals surface area (Å²) in [6, 6.07) is 73.8. The van der Waals surface area contributed by atoms with Gasteiger partial charge >= 0.3 is 0 Å². The van der Waals surface area contributed by atoms with Gasteiger partial charge in [0.15, 0.2) is 17.5 Å². The first-order chi connectivity index (χ1) is 30.2. The van der Waals surface area contributed by atoms with E-state index in [0.717, 1.165) is 38.9 Å². The minimum Gasteiger partial charge on any atom is -0.264 e. The highest BCUT2D eigenvalue weighted by Gasteiger charge is 2.51. The Morgan fingerprint density at radius 2 is 0.656 bits per heavy atom. The van der Waals surface area contributed by atoms with E-state index in [-0.39, 0.29) is 5.41 Å². The van der Waals surface area contributed by atoms with Crippen LogP contribution in [0.2, 0.25) is 0 Å². The molecular formula is C57H36N4. The van der Waals surface area contributed by atoms with Crippen LogP contribution in [0.3, 0.4) is 0 Å². The maximum atomic E-state index is 5.01. The van der Waals surface area contributed by atoms with Gasteiger partial charge < -0.3 is 0 Å². The molecule has 0 N–H and O–H groups in total. The highest BCUT2D eigenvalue weighted by molar-refractivity contribution is 6.00. The second-order valence-corrected chi connectivity index (χ2v) is 15.8. The zero-order chi connectivity index (χ0) is 40.3. The van der Waals surface area contributed by atoms with Crippen LogP contribution in [-0.2, 0) is 5.41 Å². The topological polar surface area (TPSA) is 51.6 Å². The lowest BCUT2D eigenvalue weighted by molar-refractivity contribution is 0.794. The van der Waals surface area contributed by atoms with Crippen LogP contribution in [0.4, 0.5) is 0 Å². The van der Waals surface area contributed by atoms with Crippen molar-refractivity contribution in [3.8, 4) is 89.8 Å². The fourth-order valence-electron chi connectivity index (χ4n) is 9.73. The van der Waals surface area contributed by atoms with E-state index in [1.54, 1.807) is 6.20 Å². The van der Waals surface area contributed by atoms with Crippen molar-refractivity contribution in [3.63, 3.8) is 0 Å². The molecular weight excluding hydrogens is 741 g/mol. The minimum absolute atomic E-state index is 0.358. The number of fused-ring (bicyclic) bond motifs is 10. The Balaban J connectivity index is 0.891. The molecule has 0 atom stereocenters. The SMILES string of the molecule is c1ccc(-c2nc(-c3ccc(-c4ccc(-c5cccc6c5-c5ccccc5C65c6ccccc6-c6ccccc65)cc4)cc3)nc(-c3ccc(-c4cccnc4)cc3)n2)cc1. The summed E-state index contributed by atoms with van der Waals surface area (Å²) in [5.74, 6) is 1.90. The Morgan fingerprint density at radius 1 is 0.262 bits per heavy atom. The number of aromatic nitrogens is 4. The summed E-state index contributed by atoms with van der Waals surface area (Å²) in [7, 11) is 0. The zero-order valence-corrected chi connectivity index (χ0v) is 33.1. The van der Waals surface area contributed by atoms with Crippen molar-refractivity contribution in [2.24, 2.45) is 0 Å². The quantitative estimate of drug-likeness (QED) is 0.169. The molecule has 2 aromatic heterocycles. The van der Waals surface area contributed by atoms with Crippen molar-refractivity contribution < 1.29 is 0 Å². The molecule has 0 fully saturated rings. The molecule has 0 radical (unpaired) electrons. The van der Waals surface area contributed by atoms with E-state index in [2.05, 4.69) is 175 Å². The van der Waals surface area contributed by atoms with Crippen LogP contribution in [0.1, 0.15) is 22.3 Å². The summed E-state index contributed by atoms with van der Waals surface area (Å²) in [6.07, 6.45) is 3.66. The van der Waals surface area contributed by atoms with Crippen molar-refractivity contribution >= 4 is 0 Å². The Labute approximate surface area is 354 Å². The van der Waals surface area contributed by atoms with Crippen molar-refractivity contribution in [1.29, 1.82) is 0 Å². The molecule has 4 heteroatoms. The van der Waals surface area contributed by atoms with E-state index in [4.69, 9.17) is 15.0 Å². The van der Waals surface area contributed by atoms with Crippen LogP contribution in [-0.4, -0.2) is 19.9 Å². The summed E-state index contributed by atoms with van der Waals surface area (Å²) >= 11 is 0. The van der Waals surface area contributed by atoms with E-state index < -0.39 is 0 Å². The molecule has 0 bridgehead atoms. The third kappa shape index (κ3) is 5.53. The number of hydrogen-bond acceptors (Lipinski definition) is 4. The van der Waals surface area contributed by atoms with Gasteiger partial charge in [-0.15, -0.1) is 0 Å². The maximum Gasteiger partial charge on any atom is 0.164 e. The molecule has 0 saturated heterocycles. The van der Waals surface area contributed by atoms with Crippen LogP contribution in [0, 0.1) is 0 Å². The van der Waals surface area contributed by atoms with Gasteiger partial charge in [0, 0.05) is 29.1 Å². The maximum absolute atomic E-state index is 5.01. The molecule has 0 saturated carbocycles. The molecule has 284 valence electrons. The molecule has 4 nitrogen and oxygen atoms in total. The van der Waals surface area contributed by atoms with Gasteiger partial charge in [-0.2, -0.15) is 0 Å². The average Bonchev–Trinajstić information content (AvgIpc) is 3.82. The summed E-state index contributed by atoms with van der Waals surface area (Å²) < 4.78 is 0. The van der Waals surface area contributed by atoms with Crippen molar-refractivity contribution in [3.05, 3.63) is 241 Å². The third-order valence-electron chi connectivity index (χ3n) is 12.5. The first-order valence-corrected chi connectivity index (χ1v) is 20.7. The van der Waals surface area contributed by atoms with Gasteiger partial charge in [-0.05, 0) is 84.0 Å². The van der Waals surface area contributed by atoms with E-state index in [1.807, 2.05) is 42.6 Å². The third-order valence-corrected chi connectivity index (χ3v) is 12.5. The molecule has 12 rings (SSSR count). The fourth-order valence-corrected chi connectivity index (χ4v) is 9.73. The molecule has 2 aliphatic carbocycles. The van der Waals surface area contributed by atoms with E-state index in [0.29, 0.717) is 17.5 Å².